The van der Waals surface area contributed by atoms with Gasteiger partial charge in [0, 0.05) is 0 Å². The topological polar surface area (TPSA) is 0 Å². The Bertz CT molecular complexity index is 418. The average molecular weight is 397 g/mol. The van der Waals surface area contributed by atoms with E-state index in [9.17, 15) is 0 Å². The maximum Gasteiger partial charge on any atom is -0.0348 e. The molecule has 164 valence electrons. The molecule has 0 aromatic carbocycles. The minimum Gasteiger partial charge on any atom is -0.0845 e. The van der Waals surface area contributed by atoms with Crippen LogP contribution in [-0.2, 0) is 0 Å². The first-order valence-corrected chi connectivity index (χ1v) is 12.8. The van der Waals surface area contributed by atoms with Crippen LogP contribution in [0.15, 0.2) is 60.8 Å². The van der Waals surface area contributed by atoms with E-state index < -0.39 is 0 Å². The quantitative estimate of drug-likeness (QED) is 0.382. The average Bonchev–Trinajstić information content (AvgIpc) is 2.73. The Labute approximate surface area is 183 Å². The van der Waals surface area contributed by atoms with Crippen LogP contribution in [0.3, 0.4) is 0 Å². The molecule has 0 radical (unpaired) electrons. The van der Waals surface area contributed by atoms with Crippen molar-refractivity contribution in [2.24, 2.45) is 0 Å². The molecule has 1 aliphatic carbocycles. The Hall–Kier alpha value is -1.30. The lowest BCUT2D eigenvalue weighted by molar-refractivity contribution is 0.526. The summed E-state index contributed by atoms with van der Waals surface area (Å²) in [6, 6.07) is 0. The van der Waals surface area contributed by atoms with E-state index in [4.69, 9.17) is 0 Å². The van der Waals surface area contributed by atoms with E-state index in [-0.39, 0.29) is 0 Å². The van der Waals surface area contributed by atoms with Crippen molar-refractivity contribution in [1.29, 1.82) is 0 Å². The highest BCUT2D eigenvalue weighted by atomic mass is 14.0. The van der Waals surface area contributed by atoms with Gasteiger partial charge in [0.2, 0.25) is 0 Å². The molecular formula is C29H48. The Balaban J connectivity index is 2.21. The second-order valence-corrected chi connectivity index (χ2v) is 8.60. The summed E-state index contributed by atoms with van der Waals surface area (Å²) in [4.78, 5) is 0. The maximum absolute atomic E-state index is 2.31. The van der Waals surface area contributed by atoms with Gasteiger partial charge < -0.3 is 0 Å². The predicted molar refractivity (Wildman–Crippen MR) is 133 cm³/mol. The first-order valence-electron chi connectivity index (χ1n) is 12.8. The molecule has 1 rings (SSSR count). The van der Waals surface area contributed by atoms with Crippen LogP contribution in [0.5, 0.6) is 0 Å². The van der Waals surface area contributed by atoms with Gasteiger partial charge in [-0.3, -0.25) is 0 Å². The minimum absolute atomic E-state index is 1.22. The Kier molecular flexibility index (Phi) is 20.4. The third kappa shape index (κ3) is 21.2. The largest absolute Gasteiger partial charge is 0.0845 e. The van der Waals surface area contributed by atoms with Crippen molar-refractivity contribution >= 4 is 0 Å². The van der Waals surface area contributed by atoms with E-state index in [2.05, 4.69) is 60.8 Å². The van der Waals surface area contributed by atoms with Crippen LogP contribution in [0, 0.1) is 0 Å². The summed E-state index contributed by atoms with van der Waals surface area (Å²) in [6.45, 7) is 0. The Morgan fingerprint density at radius 1 is 0.207 bits per heavy atom. The van der Waals surface area contributed by atoms with E-state index >= 15 is 0 Å². The van der Waals surface area contributed by atoms with Crippen LogP contribution in [0.4, 0.5) is 0 Å². The highest BCUT2D eigenvalue weighted by Gasteiger charge is 1.95. The molecule has 0 N–H and O–H groups in total. The molecule has 0 aromatic rings. The molecule has 0 nitrogen and oxygen atoms in total. The molecule has 0 saturated carbocycles. The summed E-state index contributed by atoms with van der Waals surface area (Å²) in [5.74, 6) is 0. The van der Waals surface area contributed by atoms with Crippen LogP contribution >= 0.6 is 0 Å². The minimum atomic E-state index is 1.22. The first-order chi connectivity index (χ1) is 14.5. The van der Waals surface area contributed by atoms with Crippen LogP contribution in [-0.4, -0.2) is 0 Å². The summed E-state index contributed by atoms with van der Waals surface area (Å²) < 4.78 is 0. The van der Waals surface area contributed by atoms with Crippen molar-refractivity contribution in [3.05, 3.63) is 60.8 Å². The Morgan fingerprint density at radius 2 is 0.414 bits per heavy atom. The normalized spacial score (nSPS) is 25.7. The number of rotatable bonds is 0. The summed E-state index contributed by atoms with van der Waals surface area (Å²) in [7, 11) is 0. The SMILES string of the molecule is C1=CCCCCCCCCCCCCCCCCCCC\C=C/C=C\C=C/C=C\1. The van der Waals surface area contributed by atoms with Crippen molar-refractivity contribution in [2.45, 2.75) is 122 Å². The zero-order valence-corrected chi connectivity index (χ0v) is 19.2. The molecule has 1 aliphatic rings. The van der Waals surface area contributed by atoms with Gasteiger partial charge >= 0.3 is 0 Å². The molecule has 29 heavy (non-hydrogen) atoms. The molecule has 0 spiro atoms. The van der Waals surface area contributed by atoms with Crippen LogP contribution < -0.4 is 0 Å². The highest BCUT2D eigenvalue weighted by Crippen LogP contribution is 2.14. The molecular weight excluding hydrogens is 348 g/mol. The van der Waals surface area contributed by atoms with Gasteiger partial charge in [0.25, 0.3) is 0 Å². The monoisotopic (exact) mass is 396 g/mol. The molecule has 0 heterocycles. The molecule has 0 atom stereocenters. The zero-order valence-electron chi connectivity index (χ0n) is 19.2. The van der Waals surface area contributed by atoms with Gasteiger partial charge in [-0.1, -0.05) is 157 Å². The molecule has 0 fully saturated rings. The van der Waals surface area contributed by atoms with Gasteiger partial charge in [0.1, 0.15) is 0 Å². The predicted octanol–water partition coefficient (Wildman–Crippen LogP) is 10.2. The van der Waals surface area contributed by atoms with Gasteiger partial charge in [-0.05, 0) is 25.7 Å². The van der Waals surface area contributed by atoms with E-state index in [0.29, 0.717) is 0 Å². The first kappa shape index (κ1) is 25.7. The lowest BCUT2D eigenvalue weighted by Gasteiger charge is -2.03. The molecule has 0 saturated heterocycles. The van der Waals surface area contributed by atoms with Crippen molar-refractivity contribution in [3.63, 3.8) is 0 Å². The summed E-state index contributed by atoms with van der Waals surface area (Å²) in [5, 5.41) is 0. The third-order valence-electron chi connectivity index (χ3n) is 5.79. The van der Waals surface area contributed by atoms with E-state index in [0.717, 1.165) is 0 Å². The van der Waals surface area contributed by atoms with Gasteiger partial charge in [-0.15, -0.1) is 0 Å². The maximum atomic E-state index is 2.31. The van der Waals surface area contributed by atoms with Gasteiger partial charge in [0.15, 0.2) is 0 Å². The molecule has 0 aliphatic heterocycles. The van der Waals surface area contributed by atoms with Gasteiger partial charge in [0.05, 0.1) is 0 Å². The lowest BCUT2D eigenvalue weighted by Crippen LogP contribution is -1.84. The Morgan fingerprint density at radius 3 is 0.690 bits per heavy atom. The van der Waals surface area contributed by atoms with E-state index in [1.165, 1.54) is 122 Å². The fourth-order valence-corrected chi connectivity index (χ4v) is 3.91. The standard InChI is InChI=1S/C29H48/c1-2-4-6-8-10-12-14-16-18-20-22-24-26-28-29-27-25-23-21-19-17-15-13-11-9-7-5-3-1/h1-10H,11-29H2/b2-1-,5-3-,6-4-,9-7-,10-8?. The number of hydrogen-bond acceptors (Lipinski definition) is 0. The molecule has 0 amide bonds. The summed E-state index contributed by atoms with van der Waals surface area (Å²) in [5.41, 5.74) is 0. The number of hydrogen-bond donors (Lipinski definition) is 0. The summed E-state index contributed by atoms with van der Waals surface area (Å²) >= 11 is 0. The van der Waals surface area contributed by atoms with Crippen molar-refractivity contribution in [3.8, 4) is 0 Å². The zero-order chi connectivity index (χ0) is 20.5. The smallest absolute Gasteiger partial charge is 0.0348 e. The molecule has 0 aromatic heterocycles. The van der Waals surface area contributed by atoms with Crippen LogP contribution in [0.2, 0.25) is 0 Å². The second kappa shape index (κ2) is 23.0. The lowest BCUT2D eigenvalue weighted by atomic mass is 10.0. The summed E-state index contributed by atoms with van der Waals surface area (Å²) in [6.07, 6.45) is 48.5. The highest BCUT2D eigenvalue weighted by molar-refractivity contribution is 5.17. The van der Waals surface area contributed by atoms with E-state index in [1.807, 2.05) is 0 Å². The van der Waals surface area contributed by atoms with Gasteiger partial charge in [-0.2, -0.15) is 0 Å². The second-order valence-electron chi connectivity index (χ2n) is 8.60. The van der Waals surface area contributed by atoms with Crippen molar-refractivity contribution in [2.75, 3.05) is 0 Å². The van der Waals surface area contributed by atoms with Crippen molar-refractivity contribution in [1.82, 2.24) is 0 Å². The molecule has 0 unspecified atom stereocenters. The van der Waals surface area contributed by atoms with E-state index in [1.54, 1.807) is 0 Å². The van der Waals surface area contributed by atoms with Crippen molar-refractivity contribution < 1.29 is 0 Å². The van der Waals surface area contributed by atoms with Gasteiger partial charge in [-0.25, -0.2) is 0 Å². The third-order valence-corrected chi connectivity index (χ3v) is 5.79. The fourth-order valence-electron chi connectivity index (χ4n) is 3.91. The molecule has 0 bridgehead atoms. The van der Waals surface area contributed by atoms with Crippen LogP contribution in [0.25, 0.3) is 0 Å². The van der Waals surface area contributed by atoms with Crippen LogP contribution in [0.1, 0.15) is 122 Å². The number of allylic oxidation sites excluding steroid dienone is 10. The molecule has 0 heteroatoms. The fraction of sp³-hybridized carbons (Fsp3) is 0.655.